The minimum atomic E-state index is -4.76. The number of carboxylic acid groups (broad SMARTS) is 1. The number of aliphatic hydroxyl groups excluding tert-OH is 1. The van der Waals surface area contributed by atoms with E-state index in [-0.39, 0.29) is 12.8 Å². The summed E-state index contributed by atoms with van der Waals surface area (Å²) in [6, 6.07) is -1.54. The molecule has 0 rings (SSSR count). The van der Waals surface area contributed by atoms with Crippen LogP contribution in [0, 0.1) is 0 Å². The van der Waals surface area contributed by atoms with Gasteiger partial charge in [-0.2, -0.15) is 0 Å². The molecule has 0 heterocycles. The second-order valence-electron chi connectivity index (χ2n) is 20.9. The van der Waals surface area contributed by atoms with Crippen molar-refractivity contribution < 1.29 is 47.8 Å². The molecule has 0 aromatic heterocycles. The number of carboxylic acids is 1. The number of aliphatic hydroxyl groups is 1. The molecule has 12 heteroatoms. The van der Waals surface area contributed by atoms with Gasteiger partial charge in [0.2, 0.25) is 5.91 Å². The van der Waals surface area contributed by atoms with Gasteiger partial charge in [0.05, 0.1) is 13.2 Å². The van der Waals surface area contributed by atoms with Crippen LogP contribution in [0.1, 0.15) is 316 Å². The number of ether oxygens (including phenoxy) is 1. The zero-order chi connectivity index (χ0) is 52.0. The fraction of sp³-hybridized carbons (Fsp3) is 0.915. The minimum absolute atomic E-state index is 0.150. The van der Waals surface area contributed by atoms with E-state index in [0.717, 1.165) is 38.5 Å². The van der Waals surface area contributed by atoms with Crippen LogP contribution in [0.5, 0.6) is 0 Å². The molecule has 0 aliphatic heterocycles. The van der Waals surface area contributed by atoms with Crippen molar-refractivity contribution in [3.05, 3.63) is 12.2 Å². The van der Waals surface area contributed by atoms with Gasteiger partial charge in [-0.1, -0.05) is 276 Å². The smallest absolute Gasteiger partial charge is 0.472 e. The second kappa shape index (κ2) is 54.5. The molecule has 0 aliphatic carbocycles. The van der Waals surface area contributed by atoms with Crippen LogP contribution in [-0.4, -0.2) is 64.9 Å². The van der Waals surface area contributed by atoms with E-state index in [4.69, 9.17) is 13.8 Å². The maximum Gasteiger partial charge on any atom is 0.472 e. The molecule has 420 valence electrons. The van der Waals surface area contributed by atoms with Gasteiger partial charge in [-0.05, 0) is 38.5 Å². The molecule has 0 radical (unpaired) electrons. The molecule has 4 N–H and O–H groups in total. The number of amides is 1. The highest BCUT2D eigenvalue weighted by atomic mass is 31.2. The van der Waals surface area contributed by atoms with Gasteiger partial charge in [-0.3, -0.25) is 18.6 Å². The first-order valence-corrected chi connectivity index (χ1v) is 31.7. The molecule has 0 fully saturated rings. The molecule has 0 spiro atoms. The molecule has 11 nitrogen and oxygen atoms in total. The summed E-state index contributed by atoms with van der Waals surface area (Å²) in [6.45, 7) is 2.67. The fourth-order valence-electron chi connectivity index (χ4n) is 9.14. The summed E-state index contributed by atoms with van der Waals surface area (Å²) in [5.74, 6) is -2.35. The first-order chi connectivity index (χ1) is 34.6. The van der Waals surface area contributed by atoms with Crippen LogP contribution in [0.4, 0.5) is 0 Å². The molecule has 0 saturated carbocycles. The maximum absolute atomic E-state index is 12.4. The Kier molecular flexibility index (Phi) is 53.1. The second-order valence-corrected chi connectivity index (χ2v) is 22.4. The average molecular weight is 1030 g/mol. The number of allylic oxidation sites excluding steroid dienone is 2. The van der Waals surface area contributed by atoms with Crippen molar-refractivity contribution in [2.75, 3.05) is 19.8 Å². The monoisotopic (exact) mass is 1030 g/mol. The maximum atomic E-state index is 12.4. The highest BCUT2D eigenvalue weighted by Gasteiger charge is 2.28. The van der Waals surface area contributed by atoms with Crippen molar-refractivity contribution >= 4 is 25.7 Å². The zero-order valence-electron chi connectivity index (χ0n) is 46.3. The molecule has 71 heavy (non-hydrogen) atoms. The average Bonchev–Trinajstić information content (AvgIpc) is 3.35. The molecule has 3 atom stereocenters. The van der Waals surface area contributed by atoms with E-state index in [0.29, 0.717) is 12.8 Å². The normalized spacial score (nSPS) is 13.4. The fourth-order valence-corrected chi connectivity index (χ4v) is 9.91. The topological polar surface area (TPSA) is 169 Å². The Morgan fingerprint density at radius 1 is 0.437 bits per heavy atom. The number of aliphatic carboxylic acids is 1. The molecule has 0 saturated heterocycles. The van der Waals surface area contributed by atoms with E-state index in [9.17, 15) is 34.1 Å². The molecule has 0 bridgehead atoms. The predicted octanol–water partition coefficient (Wildman–Crippen LogP) is 17.5. The van der Waals surface area contributed by atoms with Crippen molar-refractivity contribution in [1.82, 2.24) is 5.32 Å². The summed E-state index contributed by atoms with van der Waals surface area (Å²) >= 11 is 0. The highest BCUT2D eigenvalue weighted by molar-refractivity contribution is 7.47. The highest BCUT2D eigenvalue weighted by Crippen LogP contribution is 2.43. The molecular weight excluding hydrogens is 914 g/mol. The number of hydrogen-bond donors (Lipinski definition) is 4. The van der Waals surface area contributed by atoms with E-state index < -0.39 is 57.6 Å². The summed E-state index contributed by atoms with van der Waals surface area (Å²) in [5.41, 5.74) is 0. The lowest BCUT2D eigenvalue weighted by Gasteiger charge is -2.18. The Hall–Kier alpha value is -1.78. The van der Waals surface area contributed by atoms with E-state index >= 15 is 0 Å². The molecular formula is C59H114NO10P. The van der Waals surface area contributed by atoms with Crippen LogP contribution in [0.15, 0.2) is 12.2 Å². The number of unbranched alkanes of at least 4 members (excludes halogenated alkanes) is 42. The van der Waals surface area contributed by atoms with Crippen LogP contribution < -0.4 is 5.32 Å². The van der Waals surface area contributed by atoms with E-state index in [1.54, 1.807) is 0 Å². The predicted molar refractivity (Wildman–Crippen MR) is 296 cm³/mol. The Bertz CT molecular complexity index is 1250. The quantitative estimate of drug-likeness (QED) is 0.0199. The van der Waals surface area contributed by atoms with Crippen LogP contribution in [-0.2, 0) is 32.7 Å². The number of carbonyl (C=O) groups excluding carboxylic acids is 2. The summed E-state index contributed by atoms with van der Waals surface area (Å²) in [5, 5.41) is 22.0. The lowest BCUT2D eigenvalue weighted by Crippen LogP contribution is -2.43. The van der Waals surface area contributed by atoms with Crippen molar-refractivity contribution in [1.29, 1.82) is 0 Å². The molecule has 0 aromatic carbocycles. The van der Waals surface area contributed by atoms with E-state index in [1.165, 1.54) is 238 Å². The Labute approximate surface area is 437 Å². The van der Waals surface area contributed by atoms with Crippen LogP contribution in [0.3, 0.4) is 0 Å². The molecule has 0 aromatic rings. The third kappa shape index (κ3) is 54.3. The zero-order valence-corrected chi connectivity index (χ0v) is 47.2. The van der Waals surface area contributed by atoms with Gasteiger partial charge < -0.3 is 25.2 Å². The van der Waals surface area contributed by atoms with Crippen molar-refractivity contribution in [2.24, 2.45) is 0 Å². The third-order valence-corrected chi connectivity index (χ3v) is 14.8. The number of rotatable bonds is 58. The molecule has 3 unspecified atom stereocenters. The van der Waals surface area contributed by atoms with Gasteiger partial charge in [0, 0.05) is 12.8 Å². The molecule has 1 amide bonds. The first-order valence-electron chi connectivity index (χ1n) is 30.2. The van der Waals surface area contributed by atoms with Gasteiger partial charge >= 0.3 is 19.8 Å². The van der Waals surface area contributed by atoms with Crippen LogP contribution in [0.2, 0.25) is 0 Å². The van der Waals surface area contributed by atoms with Crippen molar-refractivity contribution in [3.8, 4) is 0 Å². The Morgan fingerprint density at radius 3 is 1.07 bits per heavy atom. The number of hydrogen-bond acceptors (Lipinski definition) is 8. The van der Waals surface area contributed by atoms with Gasteiger partial charge in [0.15, 0.2) is 6.04 Å². The van der Waals surface area contributed by atoms with E-state index in [2.05, 4.69) is 31.3 Å². The van der Waals surface area contributed by atoms with Gasteiger partial charge in [-0.15, -0.1) is 0 Å². The van der Waals surface area contributed by atoms with Crippen LogP contribution >= 0.6 is 7.82 Å². The summed E-state index contributed by atoms with van der Waals surface area (Å²) in [7, 11) is -4.76. The summed E-state index contributed by atoms with van der Waals surface area (Å²) in [4.78, 5) is 46.3. The number of carbonyl (C=O) groups is 3. The van der Waals surface area contributed by atoms with Gasteiger partial charge in [0.25, 0.3) is 0 Å². The Morgan fingerprint density at radius 2 is 0.732 bits per heavy atom. The largest absolute Gasteiger partial charge is 0.480 e. The third-order valence-electron chi connectivity index (χ3n) is 13.8. The van der Waals surface area contributed by atoms with E-state index in [1.807, 2.05) is 0 Å². The van der Waals surface area contributed by atoms with Gasteiger partial charge in [-0.25, -0.2) is 9.36 Å². The SMILES string of the molecule is CCCCCCCC/C=C/CCCCCCCCCCCCCCCC(=O)NC(COP(=O)(O)OCC(O)COC(=O)CCCCCCCCCCCCCCCCCCCCCCCCCC)C(=O)O. The van der Waals surface area contributed by atoms with Crippen LogP contribution in [0.25, 0.3) is 0 Å². The van der Waals surface area contributed by atoms with Crippen molar-refractivity contribution in [2.45, 2.75) is 328 Å². The van der Waals surface area contributed by atoms with Gasteiger partial charge in [0.1, 0.15) is 12.7 Å². The summed E-state index contributed by atoms with van der Waals surface area (Å²) < 4.78 is 27.1. The first kappa shape index (κ1) is 69.2. The number of phosphoric ester groups is 1. The Balaban J connectivity index is 3.71. The lowest BCUT2D eigenvalue weighted by molar-refractivity contribution is -0.147. The molecule has 0 aliphatic rings. The summed E-state index contributed by atoms with van der Waals surface area (Å²) in [6.07, 6.45) is 61.1. The number of esters is 1. The minimum Gasteiger partial charge on any atom is -0.480 e. The number of phosphoric acid groups is 1. The van der Waals surface area contributed by atoms with Crippen molar-refractivity contribution in [3.63, 3.8) is 0 Å². The number of nitrogens with one attached hydrogen (secondary N) is 1. The standard InChI is InChI=1S/C59H114NO10P/c1-3-5-7-9-11-13-15-17-19-21-23-25-27-29-31-33-35-37-39-41-43-45-47-49-51-58(63)68-52-55(61)53-69-71(66,67)70-54-56(59(64)65)60-57(62)50-48-46-44-42-40-38-36-34-32-30-28-26-24-22-20-18-16-14-12-10-8-6-4-2/h18,20,55-56,61H,3-17,19,21-54H2,1-2H3,(H,60,62)(H,64,65)(H,66,67)/b20-18+. The lowest BCUT2D eigenvalue weighted by atomic mass is 10.0.